The topological polar surface area (TPSA) is 51.2 Å². The number of nitrogens with zero attached hydrogens (tertiary/aromatic N) is 1. The van der Waals surface area contributed by atoms with E-state index in [4.69, 9.17) is 37.4 Å². The van der Waals surface area contributed by atoms with Gasteiger partial charge in [0.15, 0.2) is 11.5 Å². The van der Waals surface area contributed by atoms with Gasteiger partial charge in [-0.1, -0.05) is 41.4 Å². The van der Waals surface area contributed by atoms with Crippen molar-refractivity contribution in [3.63, 3.8) is 0 Å². The maximum atomic E-state index is 10.2. The van der Waals surface area contributed by atoms with Crippen molar-refractivity contribution in [2.24, 2.45) is 0 Å². The van der Waals surface area contributed by atoms with Crippen LogP contribution in [0.1, 0.15) is 11.1 Å². The minimum atomic E-state index is -0.617. The van der Waals surface area contributed by atoms with Gasteiger partial charge in [0.05, 0.1) is 43.6 Å². The molecule has 27 heavy (non-hydrogen) atoms. The Hall–Kier alpha value is -1.50. The van der Waals surface area contributed by atoms with Crippen LogP contribution in [0.3, 0.4) is 0 Å². The number of hydrogen-bond acceptors (Lipinski definition) is 5. The third-order valence-corrected chi connectivity index (χ3v) is 4.88. The Balaban J connectivity index is 1.79. The average Bonchev–Trinajstić information content (AvgIpc) is 2.65. The molecule has 2 aromatic carbocycles. The van der Waals surface area contributed by atoms with Crippen LogP contribution in [-0.4, -0.2) is 50.5 Å². The summed E-state index contributed by atoms with van der Waals surface area (Å²) in [6.07, 6.45) is -0.617. The Kier molecular flexibility index (Phi) is 8.67. The SMILES string of the molecule is COc1ccc(COCC(O)CN(C)Cc2cccc(Cl)c2Cl)cc1OC. The number of benzene rings is 2. The van der Waals surface area contributed by atoms with Crippen molar-refractivity contribution in [2.75, 3.05) is 34.4 Å². The predicted molar refractivity (Wildman–Crippen MR) is 108 cm³/mol. The molecule has 7 heteroatoms. The number of rotatable bonds is 10. The van der Waals surface area contributed by atoms with E-state index in [1.165, 1.54) is 0 Å². The summed E-state index contributed by atoms with van der Waals surface area (Å²) < 4.78 is 16.1. The molecular weight excluding hydrogens is 389 g/mol. The second-order valence-electron chi connectivity index (χ2n) is 6.27. The number of likely N-dealkylation sites (N-methyl/N-ethyl adjacent to an activating group) is 1. The molecule has 0 saturated heterocycles. The molecule has 0 radical (unpaired) electrons. The van der Waals surface area contributed by atoms with Gasteiger partial charge in [-0.05, 0) is 36.4 Å². The minimum Gasteiger partial charge on any atom is -0.493 e. The van der Waals surface area contributed by atoms with Crippen molar-refractivity contribution in [3.05, 3.63) is 57.6 Å². The first kappa shape index (κ1) is 21.8. The normalized spacial score (nSPS) is 12.3. The van der Waals surface area contributed by atoms with E-state index in [1.54, 1.807) is 20.3 Å². The number of aliphatic hydroxyl groups is 1. The molecule has 0 aliphatic rings. The Morgan fingerprint density at radius 2 is 1.81 bits per heavy atom. The van der Waals surface area contributed by atoms with Crippen molar-refractivity contribution in [1.82, 2.24) is 4.90 Å². The zero-order valence-electron chi connectivity index (χ0n) is 15.7. The maximum absolute atomic E-state index is 10.2. The molecule has 0 bridgehead atoms. The first-order valence-corrected chi connectivity index (χ1v) is 9.28. The summed E-state index contributed by atoms with van der Waals surface area (Å²) in [5.41, 5.74) is 1.86. The lowest BCUT2D eigenvalue weighted by molar-refractivity contribution is 0.0126. The quantitative estimate of drug-likeness (QED) is 0.637. The highest BCUT2D eigenvalue weighted by molar-refractivity contribution is 6.42. The molecule has 0 heterocycles. The predicted octanol–water partition coefficient (Wildman–Crippen LogP) is 4.02. The van der Waals surface area contributed by atoms with Crippen LogP contribution in [0.5, 0.6) is 11.5 Å². The fraction of sp³-hybridized carbons (Fsp3) is 0.400. The lowest BCUT2D eigenvalue weighted by Gasteiger charge is -2.21. The number of ether oxygens (including phenoxy) is 3. The third kappa shape index (κ3) is 6.55. The molecule has 1 N–H and O–H groups in total. The standard InChI is InChI=1S/C20H25Cl2NO4/c1-23(10-15-5-4-6-17(21)20(15)22)11-16(24)13-27-12-14-7-8-18(25-2)19(9-14)26-3/h4-9,16,24H,10-13H2,1-3H3. The van der Waals surface area contributed by atoms with Crippen molar-refractivity contribution < 1.29 is 19.3 Å². The summed E-state index contributed by atoms with van der Waals surface area (Å²) in [5, 5.41) is 11.3. The van der Waals surface area contributed by atoms with E-state index in [0.717, 1.165) is 11.1 Å². The zero-order valence-corrected chi connectivity index (χ0v) is 17.3. The summed E-state index contributed by atoms with van der Waals surface area (Å²) in [4.78, 5) is 1.97. The van der Waals surface area contributed by atoms with E-state index >= 15 is 0 Å². The molecular formula is C20H25Cl2NO4. The highest BCUT2D eigenvalue weighted by atomic mass is 35.5. The Morgan fingerprint density at radius 3 is 2.52 bits per heavy atom. The number of hydrogen-bond donors (Lipinski definition) is 1. The van der Waals surface area contributed by atoms with E-state index in [0.29, 0.717) is 41.2 Å². The van der Waals surface area contributed by atoms with Gasteiger partial charge < -0.3 is 19.3 Å². The largest absolute Gasteiger partial charge is 0.493 e. The van der Waals surface area contributed by atoms with Gasteiger partial charge in [-0.2, -0.15) is 0 Å². The van der Waals surface area contributed by atoms with Crippen LogP contribution in [0.2, 0.25) is 10.0 Å². The third-order valence-electron chi connectivity index (χ3n) is 4.02. The first-order chi connectivity index (χ1) is 12.9. The fourth-order valence-corrected chi connectivity index (χ4v) is 3.10. The lowest BCUT2D eigenvalue weighted by Crippen LogP contribution is -2.32. The Bertz CT molecular complexity index is 742. The molecule has 5 nitrogen and oxygen atoms in total. The van der Waals surface area contributed by atoms with Crippen molar-refractivity contribution in [3.8, 4) is 11.5 Å². The monoisotopic (exact) mass is 413 g/mol. The van der Waals surface area contributed by atoms with E-state index in [2.05, 4.69) is 0 Å². The lowest BCUT2D eigenvalue weighted by atomic mass is 10.2. The summed E-state index contributed by atoms with van der Waals surface area (Å²) in [6, 6.07) is 11.1. The summed E-state index contributed by atoms with van der Waals surface area (Å²) in [5.74, 6) is 1.32. The Morgan fingerprint density at radius 1 is 1.07 bits per heavy atom. The van der Waals surface area contributed by atoms with Crippen molar-refractivity contribution in [1.29, 1.82) is 0 Å². The van der Waals surface area contributed by atoms with Crippen LogP contribution in [0, 0.1) is 0 Å². The second-order valence-corrected chi connectivity index (χ2v) is 7.05. The van der Waals surface area contributed by atoms with E-state index < -0.39 is 6.10 Å². The van der Waals surface area contributed by atoms with Gasteiger partial charge >= 0.3 is 0 Å². The van der Waals surface area contributed by atoms with Crippen molar-refractivity contribution >= 4 is 23.2 Å². The summed E-state index contributed by atoms with van der Waals surface area (Å²) in [7, 11) is 5.10. The van der Waals surface area contributed by atoms with Gasteiger partial charge in [0, 0.05) is 13.1 Å². The van der Waals surface area contributed by atoms with Crippen LogP contribution >= 0.6 is 23.2 Å². The average molecular weight is 414 g/mol. The molecule has 1 unspecified atom stereocenters. The molecule has 1 atom stereocenters. The van der Waals surface area contributed by atoms with E-state index in [9.17, 15) is 5.11 Å². The number of methoxy groups -OCH3 is 2. The number of halogens is 2. The minimum absolute atomic E-state index is 0.224. The molecule has 0 amide bonds. The van der Waals surface area contributed by atoms with E-state index in [1.807, 2.05) is 42.3 Å². The van der Waals surface area contributed by atoms with Gasteiger partial charge in [0.25, 0.3) is 0 Å². The maximum Gasteiger partial charge on any atom is 0.161 e. The van der Waals surface area contributed by atoms with Gasteiger partial charge in [-0.25, -0.2) is 0 Å². The van der Waals surface area contributed by atoms with Gasteiger partial charge in [-0.3, -0.25) is 4.90 Å². The summed E-state index contributed by atoms with van der Waals surface area (Å²) >= 11 is 12.2. The molecule has 0 spiro atoms. The molecule has 0 saturated carbocycles. The van der Waals surface area contributed by atoms with Crippen LogP contribution < -0.4 is 9.47 Å². The van der Waals surface area contributed by atoms with Gasteiger partial charge in [0.2, 0.25) is 0 Å². The van der Waals surface area contributed by atoms with E-state index in [-0.39, 0.29) is 6.61 Å². The molecule has 148 valence electrons. The van der Waals surface area contributed by atoms with Crippen LogP contribution in [0.4, 0.5) is 0 Å². The van der Waals surface area contributed by atoms with Gasteiger partial charge in [0.1, 0.15) is 0 Å². The van der Waals surface area contributed by atoms with Crippen molar-refractivity contribution in [2.45, 2.75) is 19.3 Å². The highest BCUT2D eigenvalue weighted by Crippen LogP contribution is 2.28. The molecule has 0 aliphatic heterocycles. The van der Waals surface area contributed by atoms with Crippen LogP contribution in [-0.2, 0) is 17.9 Å². The molecule has 0 fully saturated rings. The molecule has 0 aromatic heterocycles. The van der Waals surface area contributed by atoms with Crippen LogP contribution in [0.15, 0.2) is 36.4 Å². The first-order valence-electron chi connectivity index (χ1n) is 8.52. The van der Waals surface area contributed by atoms with Gasteiger partial charge in [-0.15, -0.1) is 0 Å². The molecule has 2 rings (SSSR count). The molecule has 0 aliphatic carbocycles. The summed E-state index contributed by atoms with van der Waals surface area (Å²) in [6.45, 7) is 1.64. The van der Waals surface area contributed by atoms with Crippen LogP contribution in [0.25, 0.3) is 0 Å². The highest BCUT2D eigenvalue weighted by Gasteiger charge is 2.12. The zero-order chi connectivity index (χ0) is 19.8. The fourth-order valence-electron chi connectivity index (χ4n) is 2.72. The number of aliphatic hydroxyl groups excluding tert-OH is 1. The second kappa shape index (κ2) is 10.7. The smallest absolute Gasteiger partial charge is 0.161 e. The molecule has 2 aromatic rings. The Labute approximate surface area is 170 Å².